The van der Waals surface area contributed by atoms with Crippen molar-refractivity contribution in [2.24, 2.45) is 0 Å². The standard InChI is InChI=1S/C24H19FN4O3S/c25-18-7-4-8-19(15-18)33(30,31)29-13-11-28(12-14-29)24-22(16-26)27-23(32-24)21-10-3-6-17-5-1-2-9-20(17)21/h1-10,15H,11-14H2. The Labute approximate surface area is 190 Å². The molecule has 0 aliphatic carbocycles. The van der Waals surface area contributed by atoms with Crippen LogP contribution in [-0.2, 0) is 10.0 Å². The van der Waals surface area contributed by atoms with E-state index in [9.17, 15) is 18.1 Å². The Morgan fingerprint density at radius 1 is 0.970 bits per heavy atom. The minimum Gasteiger partial charge on any atom is -0.419 e. The molecule has 166 valence electrons. The van der Waals surface area contributed by atoms with Gasteiger partial charge in [-0.15, -0.1) is 0 Å². The molecule has 0 atom stereocenters. The molecule has 0 saturated carbocycles. The normalized spacial score (nSPS) is 15.0. The highest BCUT2D eigenvalue weighted by atomic mass is 32.2. The largest absolute Gasteiger partial charge is 0.419 e. The molecule has 0 N–H and O–H groups in total. The predicted molar refractivity (Wildman–Crippen MR) is 122 cm³/mol. The Morgan fingerprint density at radius 3 is 2.45 bits per heavy atom. The summed E-state index contributed by atoms with van der Waals surface area (Å²) in [4.78, 5) is 6.15. The molecule has 0 unspecified atom stereocenters. The third kappa shape index (κ3) is 3.84. The Kier molecular flexibility index (Phi) is 5.32. The maximum atomic E-state index is 13.5. The number of anilines is 1. The lowest BCUT2D eigenvalue weighted by Gasteiger charge is -2.33. The fraction of sp³-hybridized carbons (Fsp3) is 0.167. The molecule has 2 heterocycles. The van der Waals surface area contributed by atoms with E-state index in [4.69, 9.17) is 4.42 Å². The van der Waals surface area contributed by atoms with Crippen LogP contribution < -0.4 is 4.90 Å². The molecule has 33 heavy (non-hydrogen) atoms. The number of rotatable bonds is 4. The quantitative estimate of drug-likeness (QED) is 0.455. The van der Waals surface area contributed by atoms with E-state index in [0.717, 1.165) is 22.4 Å². The summed E-state index contributed by atoms with van der Waals surface area (Å²) in [7, 11) is -3.81. The summed E-state index contributed by atoms with van der Waals surface area (Å²) < 4.78 is 46.6. The van der Waals surface area contributed by atoms with Crippen LogP contribution in [-0.4, -0.2) is 43.9 Å². The summed E-state index contributed by atoms with van der Waals surface area (Å²) >= 11 is 0. The third-order valence-electron chi connectivity index (χ3n) is 5.69. The van der Waals surface area contributed by atoms with Crippen LogP contribution >= 0.6 is 0 Å². The lowest BCUT2D eigenvalue weighted by Crippen LogP contribution is -2.48. The molecule has 1 aromatic heterocycles. The second-order valence-electron chi connectivity index (χ2n) is 7.66. The lowest BCUT2D eigenvalue weighted by atomic mass is 10.0. The summed E-state index contributed by atoms with van der Waals surface area (Å²) in [6.45, 7) is 0.975. The Bertz CT molecular complexity index is 1480. The van der Waals surface area contributed by atoms with Gasteiger partial charge in [-0.1, -0.05) is 42.5 Å². The second kappa shape index (κ2) is 8.31. The van der Waals surface area contributed by atoms with Gasteiger partial charge in [-0.05, 0) is 35.0 Å². The van der Waals surface area contributed by atoms with E-state index in [1.54, 1.807) is 0 Å². The van der Waals surface area contributed by atoms with Gasteiger partial charge in [0.15, 0.2) is 0 Å². The molecule has 9 heteroatoms. The van der Waals surface area contributed by atoms with Crippen LogP contribution in [0, 0.1) is 17.1 Å². The van der Waals surface area contributed by atoms with Crippen LogP contribution in [0.25, 0.3) is 22.2 Å². The van der Waals surface area contributed by atoms with Crippen LogP contribution in [0.1, 0.15) is 5.69 Å². The molecule has 0 spiro atoms. The first-order valence-corrected chi connectivity index (χ1v) is 11.8. The Balaban J connectivity index is 1.41. The van der Waals surface area contributed by atoms with Crippen molar-refractivity contribution in [2.45, 2.75) is 4.90 Å². The molecule has 1 fully saturated rings. The number of nitrogens with zero attached hydrogens (tertiary/aromatic N) is 4. The zero-order valence-corrected chi connectivity index (χ0v) is 18.3. The van der Waals surface area contributed by atoms with Gasteiger partial charge < -0.3 is 9.32 Å². The number of hydrogen-bond donors (Lipinski definition) is 0. The van der Waals surface area contributed by atoms with E-state index >= 15 is 0 Å². The van der Waals surface area contributed by atoms with Crippen LogP contribution in [0.2, 0.25) is 0 Å². The number of nitriles is 1. The fourth-order valence-electron chi connectivity index (χ4n) is 4.03. The van der Waals surface area contributed by atoms with Crippen LogP contribution in [0.15, 0.2) is 76.0 Å². The minimum atomic E-state index is -3.81. The maximum absolute atomic E-state index is 13.5. The van der Waals surface area contributed by atoms with E-state index in [1.165, 1.54) is 22.5 Å². The maximum Gasteiger partial charge on any atom is 0.243 e. The Morgan fingerprint density at radius 2 is 1.70 bits per heavy atom. The van der Waals surface area contributed by atoms with Crippen LogP contribution in [0.4, 0.5) is 10.3 Å². The highest BCUT2D eigenvalue weighted by molar-refractivity contribution is 7.89. The summed E-state index contributed by atoms with van der Waals surface area (Å²) in [6, 6.07) is 20.7. The van der Waals surface area contributed by atoms with E-state index in [0.29, 0.717) is 24.9 Å². The van der Waals surface area contributed by atoms with E-state index in [1.807, 2.05) is 47.4 Å². The van der Waals surface area contributed by atoms with E-state index in [-0.39, 0.29) is 23.7 Å². The van der Waals surface area contributed by atoms with Gasteiger partial charge >= 0.3 is 0 Å². The molecule has 1 aliphatic heterocycles. The molecule has 0 radical (unpaired) electrons. The zero-order valence-electron chi connectivity index (χ0n) is 17.5. The van der Waals surface area contributed by atoms with Crippen molar-refractivity contribution in [3.8, 4) is 17.5 Å². The molecule has 1 aliphatic rings. The number of oxazole rings is 1. The summed E-state index contributed by atoms with van der Waals surface area (Å²) in [6.07, 6.45) is 0. The van der Waals surface area contributed by atoms with Crippen molar-refractivity contribution in [3.05, 3.63) is 78.2 Å². The Hall–Kier alpha value is -3.74. The van der Waals surface area contributed by atoms with Crippen molar-refractivity contribution in [1.82, 2.24) is 9.29 Å². The van der Waals surface area contributed by atoms with Crippen molar-refractivity contribution >= 4 is 26.7 Å². The summed E-state index contributed by atoms with van der Waals surface area (Å²) in [5.74, 6) is 0.0624. The first kappa shape index (κ1) is 21.1. The van der Waals surface area contributed by atoms with Crippen molar-refractivity contribution in [3.63, 3.8) is 0 Å². The number of fused-ring (bicyclic) bond motifs is 1. The van der Waals surface area contributed by atoms with Crippen molar-refractivity contribution < 1.29 is 17.2 Å². The smallest absolute Gasteiger partial charge is 0.243 e. The highest BCUT2D eigenvalue weighted by Gasteiger charge is 2.31. The molecule has 3 aromatic carbocycles. The average molecular weight is 463 g/mol. The van der Waals surface area contributed by atoms with Gasteiger partial charge in [0, 0.05) is 31.7 Å². The van der Waals surface area contributed by atoms with Crippen LogP contribution in [0.3, 0.4) is 0 Å². The average Bonchev–Trinajstić information content (AvgIpc) is 3.28. The van der Waals surface area contributed by atoms with Gasteiger partial charge in [0.25, 0.3) is 0 Å². The molecule has 4 aromatic rings. The van der Waals surface area contributed by atoms with Gasteiger partial charge in [-0.25, -0.2) is 12.8 Å². The lowest BCUT2D eigenvalue weighted by molar-refractivity contribution is 0.374. The fourth-order valence-corrected chi connectivity index (χ4v) is 5.49. The molecule has 5 rings (SSSR count). The molecule has 7 nitrogen and oxygen atoms in total. The van der Waals surface area contributed by atoms with Crippen molar-refractivity contribution in [2.75, 3.05) is 31.1 Å². The SMILES string of the molecule is N#Cc1nc(-c2cccc3ccccc23)oc1N1CCN(S(=O)(=O)c2cccc(F)c2)CC1. The predicted octanol–water partition coefficient (Wildman–Crippen LogP) is 4.02. The van der Waals surface area contributed by atoms with Gasteiger partial charge in [-0.3, -0.25) is 0 Å². The number of aromatic nitrogens is 1. The number of hydrogen-bond acceptors (Lipinski definition) is 6. The summed E-state index contributed by atoms with van der Waals surface area (Å²) in [5, 5.41) is 11.6. The highest BCUT2D eigenvalue weighted by Crippen LogP contribution is 2.33. The number of sulfonamides is 1. The zero-order chi connectivity index (χ0) is 23.0. The first-order chi connectivity index (χ1) is 16.0. The molecular formula is C24H19FN4O3S. The van der Waals surface area contributed by atoms with Gasteiger partial charge in [0.05, 0.1) is 4.90 Å². The third-order valence-corrected chi connectivity index (χ3v) is 7.59. The monoisotopic (exact) mass is 462 g/mol. The topological polar surface area (TPSA) is 90.4 Å². The number of halogens is 1. The first-order valence-electron chi connectivity index (χ1n) is 10.4. The molecule has 1 saturated heterocycles. The molecule has 0 amide bonds. The van der Waals surface area contributed by atoms with Gasteiger partial charge in [-0.2, -0.15) is 14.6 Å². The van der Waals surface area contributed by atoms with Gasteiger partial charge in [0.1, 0.15) is 11.9 Å². The second-order valence-corrected chi connectivity index (χ2v) is 9.60. The molecule has 0 bridgehead atoms. The number of piperazine rings is 1. The van der Waals surface area contributed by atoms with Crippen LogP contribution in [0.5, 0.6) is 0 Å². The summed E-state index contributed by atoms with van der Waals surface area (Å²) in [5.41, 5.74) is 0.933. The molecular weight excluding hydrogens is 443 g/mol. The van der Waals surface area contributed by atoms with Gasteiger partial charge in [0.2, 0.25) is 27.5 Å². The van der Waals surface area contributed by atoms with E-state index < -0.39 is 15.8 Å². The number of benzene rings is 3. The van der Waals surface area contributed by atoms with E-state index in [2.05, 4.69) is 11.1 Å². The van der Waals surface area contributed by atoms with Crippen molar-refractivity contribution in [1.29, 1.82) is 5.26 Å². The minimum absolute atomic E-state index is 0.0772.